The van der Waals surface area contributed by atoms with Crippen LogP contribution in [0, 0.1) is 0 Å². The van der Waals surface area contributed by atoms with Gasteiger partial charge in [0.25, 0.3) is 5.91 Å². The van der Waals surface area contributed by atoms with E-state index >= 15 is 0 Å². The lowest BCUT2D eigenvalue weighted by molar-refractivity contribution is -0.151. The quantitative estimate of drug-likeness (QED) is 0.506. The molecule has 0 aliphatic carbocycles. The summed E-state index contributed by atoms with van der Waals surface area (Å²) in [5.74, 6) is -0.0601. The van der Waals surface area contributed by atoms with Crippen LogP contribution < -0.4 is 4.90 Å². The van der Waals surface area contributed by atoms with E-state index in [9.17, 15) is 9.59 Å². The first kappa shape index (κ1) is 21.5. The Hall–Kier alpha value is -3.72. The Labute approximate surface area is 189 Å². The summed E-state index contributed by atoms with van der Waals surface area (Å²) in [6.45, 7) is -0.547. The maximum absolute atomic E-state index is 12.9. The fourth-order valence-corrected chi connectivity index (χ4v) is 3.39. The van der Waals surface area contributed by atoms with Gasteiger partial charge in [-0.25, -0.2) is 15.0 Å². The smallest absolute Gasteiger partial charge is 0.326 e. The van der Waals surface area contributed by atoms with Crippen LogP contribution in [-0.4, -0.2) is 52.8 Å². The number of hydrogen-bond acceptors (Lipinski definition) is 8. The normalized spacial score (nSPS) is 15.4. The number of esters is 1. The van der Waals surface area contributed by atoms with Crippen molar-refractivity contribution in [2.75, 3.05) is 25.1 Å². The third-order valence-electron chi connectivity index (χ3n) is 4.83. The van der Waals surface area contributed by atoms with Gasteiger partial charge in [0.15, 0.2) is 6.61 Å². The number of ether oxygens (including phenoxy) is 1. The summed E-state index contributed by atoms with van der Waals surface area (Å²) in [6.07, 6.45) is 5.15. The molecule has 1 amide bonds. The second kappa shape index (κ2) is 9.61. The molecule has 0 saturated carbocycles. The number of furan rings is 1. The lowest BCUT2D eigenvalue weighted by Gasteiger charge is -2.20. The maximum Gasteiger partial charge on any atom is 0.326 e. The second-order valence-electron chi connectivity index (χ2n) is 7.09. The highest BCUT2D eigenvalue weighted by Crippen LogP contribution is 2.33. The third kappa shape index (κ3) is 4.94. The number of anilines is 1. The first-order valence-electron chi connectivity index (χ1n) is 9.84. The molecule has 0 N–H and O–H groups in total. The van der Waals surface area contributed by atoms with Crippen LogP contribution in [0.15, 0.2) is 70.6 Å². The fraction of sp³-hybridized carbons (Fsp3) is 0.227. The van der Waals surface area contributed by atoms with Gasteiger partial charge < -0.3 is 14.1 Å². The van der Waals surface area contributed by atoms with Gasteiger partial charge in [-0.1, -0.05) is 23.7 Å². The van der Waals surface area contributed by atoms with Crippen molar-refractivity contribution in [1.82, 2.24) is 15.0 Å². The molecule has 0 radical (unpaired) electrons. The minimum Gasteiger partial charge on any atom is -0.467 e. The molecule has 0 bridgehead atoms. The van der Waals surface area contributed by atoms with E-state index < -0.39 is 24.5 Å². The van der Waals surface area contributed by atoms with E-state index in [4.69, 9.17) is 20.8 Å². The Kier molecular flexibility index (Phi) is 6.46. The number of halogens is 1. The van der Waals surface area contributed by atoms with Gasteiger partial charge in [-0.05, 0) is 35.9 Å². The first-order valence-corrected chi connectivity index (χ1v) is 10.2. The van der Waals surface area contributed by atoms with Crippen LogP contribution in [0.25, 0.3) is 0 Å². The fourth-order valence-electron chi connectivity index (χ4n) is 3.27. The van der Waals surface area contributed by atoms with Gasteiger partial charge in [-0.3, -0.25) is 9.59 Å². The van der Waals surface area contributed by atoms with Crippen LogP contribution >= 0.6 is 11.6 Å². The molecular weight excluding hydrogens is 434 g/mol. The van der Waals surface area contributed by atoms with E-state index in [0.717, 1.165) is 5.56 Å². The van der Waals surface area contributed by atoms with Crippen LogP contribution in [0.4, 0.5) is 5.95 Å². The molecule has 1 aliphatic heterocycles. The van der Waals surface area contributed by atoms with Crippen LogP contribution in [0.5, 0.6) is 0 Å². The van der Waals surface area contributed by atoms with Crippen molar-refractivity contribution in [2.24, 2.45) is 5.10 Å². The predicted molar refractivity (Wildman–Crippen MR) is 117 cm³/mol. The lowest BCUT2D eigenvalue weighted by atomic mass is 10.0. The summed E-state index contributed by atoms with van der Waals surface area (Å²) < 4.78 is 10.7. The zero-order chi connectivity index (χ0) is 22.5. The van der Waals surface area contributed by atoms with Crippen LogP contribution in [-0.2, 0) is 14.3 Å². The first-order chi connectivity index (χ1) is 15.5. The van der Waals surface area contributed by atoms with Gasteiger partial charge in [0.2, 0.25) is 5.95 Å². The predicted octanol–water partition coefficient (Wildman–Crippen LogP) is 3.08. The summed E-state index contributed by atoms with van der Waals surface area (Å²) in [5.41, 5.74) is 1.56. The average molecular weight is 454 g/mol. The Morgan fingerprint density at radius 2 is 1.94 bits per heavy atom. The molecule has 3 heterocycles. The van der Waals surface area contributed by atoms with Crippen molar-refractivity contribution in [1.29, 1.82) is 0 Å². The summed E-state index contributed by atoms with van der Waals surface area (Å²) in [5, 5.41) is 6.40. The number of carbonyl (C=O) groups excluding carboxylic acids is 2. The third-order valence-corrected chi connectivity index (χ3v) is 5.08. The van der Waals surface area contributed by atoms with Crippen LogP contribution in [0.1, 0.15) is 23.8 Å². The molecule has 10 heteroatoms. The minimum absolute atomic E-state index is 0.0990. The van der Waals surface area contributed by atoms with Gasteiger partial charge in [-0.15, -0.1) is 0 Å². The van der Waals surface area contributed by atoms with Crippen molar-refractivity contribution >= 4 is 35.1 Å². The molecule has 0 saturated heterocycles. The Morgan fingerprint density at radius 3 is 2.62 bits per heavy atom. The summed E-state index contributed by atoms with van der Waals surface area (Å²) >= 11 is 5.97. The molecule has 1 aromatic carbocycles. The average Bonchev–Trinajstić information content (AvgIpc) is 3.48. The molecule has 4 rings (SSSR count). The van der Waals surface area contributed by atoms with Crippen LogP contribution in [0.2, 0.25) is 5.02 Å². The van der Waals surface area contributed by atoms with E-state index in [0.29, 0.717) is 28.9 Å². The highest BCUT2D eigenvalue weighted by atomic mass is 35.5. The molecule has 32 heavy (non-hydrogen) atoms. The number of carbonyl (C=O) groups is 2. The zero-order valence-corrected chi connectivity index (χ0v) is 18.0. The number of aromatic nitrogens is 2. The molecule has 1 unspecified atom stereocenters. The topological polar surface area (TPSA) is 101 Å². The molecule has 1 atom stereocenters. The van der Waals surface area contributed by atoms with E-state index in [2.05, 4.69) is 15.1 Å². The number of amides is 1. The number of likely N-dealkylation sites (N-methyl/N-ethyl adjacent to an activating group) is 1. The Balaban J connectivity index is 1.42. The van der Waals surface area contributed by atoms with Gasteiger partial charge in [0.05, 0.1) is 12.0 Å². The van der Waals surface area contributed by atoms with Gasteiger partial charge in [0.1, 0.15) is 18.3 Å². The largest absolute Gasteiger partial charge is 0.467 e. The molecule has 164 valence electrons. The molecule has 3 aromatic rings. The van der Waals surface area contributed by atoms with Crippen molar-refractivity contribution in [2.45, 2.75) is 12.5 Å². The van der Waals surface area contributed by atoms with Gasteiger partial charge in [0, 0.05) is 30.9 Å². The maximum atomic E-state index is 12.9. The number of hydrogen-bond donors (Lipinski definition) is 0. The molecule has 2 aromatic heterocycles. The van der Waals surface area contributed by atoms with E-state index in [1.165, 1.54) is 9.91 Å². The lowest BCUT2D eigenvalue weighted by Crippen LogP contribution is -2.34. The van der Waals surface area contributed by atoms with Crippen molar-refractivity contribution < 1.29 is 18.7 Å². The SMILES string of the molecule is CN(CC(=O)OCC(=O)N1N=C(c2ccc(Cl)cc2)CC1c1ccco1)c1ncccn1. The highest BCUT2D eigenvalue weighted by molar-refractivity contribution is 6.30. The molecule has 0 fully saturated rings. The zero-order valence-electron chi connectivity index (χ0n) is 17.2. The van der Waals surface area contributed by atoms with Gasteiger partial charge in [-0.2, -0.15) is 5.10 Å². The Morgan fingerprint density at radius 1 is 1.19 bits per heavy atom. The standard InChI is InChI=1S/C22H20ClN5O4/c1-27(22-24-9-3-10-25-22)13-21(30)32-14-20(29)28-18(19-4-2-11-31-19)12-17(26-28)15-5-7-16(23)8-6-15/h2-11,18H,12-14H2,1H3. The second-order valence-corrected chi connectivity index (χ2v) is 7.53. The van der Waals surface area contributed by atoms with Crippen molar-refractivity contribution in [3.8, 4) is 0 Å². The monoisotopic (exact) mass is 453 g/mol. The van der Waals surface area contributed by atoms with Crippen molar-refractivity contribution in [3.05, 3.63) is 77.5 Å². The van der Waals surface area contributed by atoms with E-state index in [1.807, 2.05) is 12.1 Å². The van der Waals surface area contributed by atoms with Crippen LogP contribution in [0.3, 0.4) is 0 Å². The van der Waals surface area contributed by atoms with Crippen molar-refractivity contribution in [3.63, 3.8) is 0 Å². The highest BCUT2D eigenvalue weighted by Gasteiger charge is 2.35. The summed E-state index contributed by atoms with van der Waals surface area (Å²) in [4.78, 5) is 34.8. The molecule has 1 aliphatic rings. The summed E-state index contributed by atoms with van der Waals surface area (Å²) in [6, 6.07) is 12.0. The van der Waals surface area contributed by atoms with Gasteiger partial charge >= 0.3 is 5.97 Å². The minimum atomic E-state index is -0.580. The molecule has 9 nitrogen and oxygen atoms in total. The number of nitrogens with zero attached hydrogens (tertiary/aromatic N) is 5. The number of benzene rings is 1. The Bertz CT molecular complexity index is 1100. The summed E-state index contributed by atoms with van der Waals surface area (Å²) in [7, 11) is 1.66. The molecule has 0 spiro atoms. The number of rotatable bonds is 7. The van der Waals surface area contributed by atoms with E-state index in [-0.39, 0.29) is 6.54 Å². The number of hydrazone groups is 1. The molecular formula is C22H20ClN5O4. The van der Waals surface area contributed by atoms with E-state index in [1.54, 1.807) is 56.0 Å².